The van der Waals surface area contributed by atoms with Gasteiger partial charge in [0.1, 0.15) is 5.82 Å². The van der Waals surface area contributed by atoms with Gasteiger partial charge in [0, 0.05) is 22.5 Å². The maximum Gasteiger partial charge on any atom is 0.417 e. The predicted octanol–water partition coefficient (Wildman–Crippen LogP) is 6.36. The number of alkyl halides is 3. The van der Waals surface area contributed by atoms with Gasteiger partial charge in [-0.05, 0) is 42.5 Å². The second-order valence-corrected chi connectivity index (χ2v) is 6.06. The summed E-state index contributed by atoms with van der Waals surface area (Å²) in [6, 6.07) is 9.21. The Hall–Kier alpha value is -2.73. The zero-order valence-electron chi connectivity index (χ0n) is 13.3. The first-order valence-corrected chi connectivity index (χ1v) is 7.84. The fourth-order valence-corrected chi connectivity index (χ4v) is 2.68. The Morgan fingerprint density at radius 1 is 0.808 bits per heavy atom. The molecule has 0 spiro atoms. The Morgan fingerprint density at radius 3 is 1.85 bits per heavy atom. The molecule has 2 N–H and O–H groups in total. The molecule has 2 aromatic carbocycles. The third kappa shape index (κ3) is 3.46. The Kier molecular flexibility index (Phi) is 4.54. The van der Waals surface area contributed by atoms with E-state index in [9.17, 15) is 17.6 Å². The molecule has 1 aliphatic rings. The Bertz CT molecular complexity index is 928. The number of nitrogens with one attached hydrogen (secondary N) is 2. The number of hydrogen-bond donors (Lipinski definition) is 2. The minimum atomic E-state index is -4.56. The molecular formula is C19H13ClF4N2. The van der Waals surface area contributed by atoms with Crippen LogP contribution in [0.3, 0.4) is 0 Å². The summed E-state index contributed by atoms with van der Waals surface area (Å²) in [5, 5.41) is 5.58. The fourth-order valence-electron chi connectivity index (χ4n) is 2.46. The van der Waals surface area contributed by atoms with Crippen molar-refractivity contribution in [2.45, 2.75) is 6.18 Å². The molecule has 1 aliphatic carbocycles. The minimum absolute atomic E-state index is 0.212. The van der Waals surface area contributed by atoms with Crippen molar-refractivity contribution in [3.05, 3.63) is 94.6 Å². The molecule has 0 saturated heterocycles. The molecule has 0 bridgehead atoms. The van der Waals surface area contributed by atoms with Crippen LogP contribution in [0.4, 0.5) is 28.9 Å². The highest BCUT2D eigenvalue weighted by Gasteiger charge is 2.34. The average Bonchev–Trinajstić information content (AvgIpc) is 2.59. The van der Waals surface area contributed by atoms with Crippen LogP contribution >= 0.6 is 11.6 Å². The van der Waals surface area contributed by atoms with Gasteiger partial charge in [-0.15, -0.1) is 0 Å². The molecule has 0 aromatic heterocycles. The SMILES string of the molecule is C=C1C(=C)C(Nc2ccc(Cl)c(C(F)(F)F)c2)=C1Nc1ccc(F)cc1. The monoisotopic (exact) mass is 380 g/mol. The topological polar surface area (TPSA) is 24.1 Å². The van der Waals surface area contributed by atoms with Gasteiger partial charge in [-0.1, -0.05) is 24.8 Å². The van der Waals surface area contributed by atoms with Gasteiger partial charge in [0.15, 0.2) is 0 Å². The van der Waals surface area contributed by atoms with Crippen molar-refractivity contribution in [3.63, 3.8) is 0 Å². The number of rotatable bonds is 4. The summed E-state index contributed by atoms with van der Waals surface area (Å²) in [6.07, 6.45) is -4.56. The van der Waals surface area contributed by atoms with Crippen LogP contribution in [0.15, 0.2) is 78.2 Å². The van der Waals surface area contributed by atoms with Crippen LogP contribution in [-0.2, 0) is 6.18 Å². The number of hydrogen-bond acceptors (Lipinski definition) is 2. The van der Waals surface area contributed by atoms with Gasteiger partial charge >= 0.3 is 6.18 Å². The molecule has 7 heteroatoms. The number of halogens is 5. The first-order valence-electron chi connectivity index (χ1n) is 7.46. The van der Waals surface area contributed by atoms with Crippen molar-refractivity contribution in [2.75, 3.05) is 10.6 Å². The summed E-state index contributed by atoms with van der Waals surface area (Å²) in [6.45, 7) is 7.71. The number of anilines is 2. The second-order valence-electron chi connectivity index (χ2n) is 5.66. The van der Waals surface area contributed by atoms with Gasteiger partial charge in [0.25, 0.3) is 0 Å². The van der Waals surface area contributed by atoms with E-state index in [0.717, 1.165) is 6.07 Å². The van der Waals surface area contributed by atoms with Crippen LogP contribution in [0.25, 0.3) is 0 Å². The second kappa shape index (κ2) is 6.53. The van der Waals surface area contributed by atoms with Crippen molar-refractivity contribution >= 4 is 23.0 Å². The van der Waals surface area contributed by atoms with Gasteiger partial charge < -0.3 is 10.6 Å². The molecule has 26 heavy (non-hydrogen) atoms. The standard InChI is InChI=1S/C19H13ClF4N2/c1-10-11(2)18(17(10)25-13-5-3-12(21)4-6-13)26-14-7-8-16(20)15(9-14)19(22,23)24/h3-9,25-26H,1-2H2. The maximum atomic E-state index is 13.0. The zero-order chi connectivity index (χ0) is 19.1. The van der Waals surface area contributed by atoms with E-state index in [1.807, 2.05) is 0 Å². The molecule has 0 amide bonds. The van der Waals surface area contributed by atoms with Crippen LogP contribution in [-0.4, -0.2) is 0 Å². The third-order valence-corrected chi connectivity index (χ3v) is 4.20. The molecule has 0 atom stereocenters. The van der Waals surface area contributed by atoms with E-state index in [1.54, 1.807) is 12.1 Å². The van der Waals surface area contributed by atoms with E-state index in [0.29, 0.717) is 28.2 Å². The molecular weight excluding hydrogens is 368 g/mol. The highest BCUT2D eigenvalue weighted by molar-refractivity contribution is 6.31. The third-order valence-electron chi connectivity index (χ3n) is 3.87. The van der Waals surface area contributed by atoms with Crippen molar-refractivity contribution in [1.29, 1.82) is 0 Å². The summed E-state index contributed by atoms with van der Waals surface area (Å²) >= 11 is 5.63. The molecule has 0 aliphatic heterocycles. The van der Waals surface area contributed by atoms with E-state index < -0.39 is 11.7 Å². The summed E-state index contributed by atoms with van der Waals surface area (Å²) in [7, 11) is 0. The van der Waals surface area contributed by atoms with Crippen LogP contribution in [0.2, 0.25) is 5.02 Å². The molecule has 3 rings (SSSR count). The number of allylic oxidation sites excluding steroid dienone is 2. The summed E-state index contributed by atoms with van der Waals surface area (Å²) in [5.74, 6) is -0.374. The Labute approximate surface area is 152 Å². The van der Waals surface area contributed by atoms with Crippen LogP contribution in [0.5, 0.6) is 0 Å². The fraction of sp³-hybridized carbons (Fsp3) is 0.0526. The van der Waals surface area contributed by atoms with Gasteiger partial charge in [0.05, 0.1) is 22.0 Å². The number of benzene rings is 2. The molecule has 0 radical (unpaired) electrons. The van der Waals surface area contributed by atoms with Gasteiger partial charge in [-0.3, -0.25) is 0 Å². The van der Waals surface area contributed by atoms with Crippen molar-refractivity contribution < 1.29 is 17.6 Å². The van der Waals surface area contributed by atoms with Crippen LogP contribution < -0.4 is 10.6 Å². The lowest BCUT2D eigenvalue weighted by Gasteiger charge is -2.31. The molecule has 134 valence electrons. The lowest BCUT2D eigenvalue weighted by molar-refractivity contribution is -0.137. The minimum Gasteiger partial charge on any atom is -0.353 e. The molecule has 0 unspecified atom stereocenters. The molecule has 2 nitrogen and oxygen atoms in total. The average molecular weight is 381 g/mol. The molecule has 2 aromatic rings. The van der Waals surface area contributed by atoms with Gasteiger partial charge in [-0.25, -0.2) is 4.39 Å². The highest BCUT2D eigenvalue weighted by Crippen LogP contribution is 2.40. The van der Waals surface area contributed by atoms with E-state index in [1.165, 1.54) is 24.3 Å². The van der Waals surface area contributed by atoms with Crippen molar-refractivity contribution in [3.8, 4) is 0 Å². The molecule has 0 saturated carbocycles. The predicted molar refractivity (Wildman–Crippen MR) is 95.4 cm³/mol. The Morgan fingerprint density at radius 2 is 1.31 bits per heavy atom. The highest BCUT2D eigenvalue weighted by atomic mass is 35.5. The first-order chi connectivity index (χ1) is 12.2. The lowest BCUT2D eigenvalue weighted by Crippen LogP contribution is -2.23. The quantitative estimate of drug-likeness (QED) is 0.603. The first kappa shape index (κ1) is 18.1. The van der Waals surface area contributed by atoms with E-state index >= 15 is 0 Å². The van der Waals surface area contributed by atoms with Gasteiger partial charge in [-0.2, -0.15) is 13.2 Å². The van der Waals surface area contributed by atoms with Gasteiger partial charge in [0.2, 0.25) is 0 Å². The Balaban J connectivity index is 1.89. The van der Waals surface area contributed by atoms with E-state index in [-0.39, 0.29) is 16.5 Å². The normalized spacial score (nSPS) is 14.3. The van der Waals surface area contributed by atoms with Crippen LogP contribution in [0, 0.1) is 5.82 Å². The zero-order valence-corrected chi connectivity index (χ0v) is 14.1. The maximum absolute atomic E-state index is 13.0. The van der Waals surface area contributed by atoms with Crippen molar-refractivity contribution in [2.24, 2.45) is 0 Å². The summed E-state index contributed by atoms with van der Waals surface area (Å²) in [5.41, 5.74) is 2.16. The smallest absolute Gasteiger partial charge is 0.353 e. The lowest BCUT2D eigenvalue weighted by atomic mass is 9.89. The summed E-state index contributed by atoms with van der Waals surface area (Å²) in [4.78, 5) is 0. The summed E-state index contributed by atoms with van der Waals surface area (Å²) < 4.78 is 52.0. The van der Waals surface area contributed by atoms with E-state index in [2.05, 4.69) is 23.8 Å². The molecule has 0 heterocycles. The van der Waals surface area contributed by atoms with E-state index in [4.69, 9.17) is 11.6 Å². The molecule has 0 fully saturated rings. The van der Waals surface area contributed by atoms with Crippen LogP contribution in [0.1, 0.15) is 5.56 Å². The van der Waals surface area contributed by atoms with Crippen molar-refractivity contribution in [1.82, 2.24) is 0 Å². The largest absolute Gasteiger partial charge is 0.417 e.